The van der Waals surface area contributed by atoms with Crippen molar-refractivity contribution in [3.8, 4) is 17.1 Å². The zero-order valence-electron chi connectivity index (χ0n) is 25.8. The maximum atomic E-state index is 13.6. The zero-order valence-corrected chi connectivity index (χ0v) is 25.8. The summed E-state index contributed by atoms with van der Waals surface area (Å²) in [4.78, 5) is 43.1. The van der Waals surface area contributed by atoms with Crippen molar-refractivity contribution in [3.05, 3.63) is 96.6 Å². The lowest BCUT2D eigenvalue weighted by molar-refractivity contribution is -0.134. The van der Waals surface area contributed by atoms with Crippen LogP contribution in [0, 0.1) is 5.92 Å². The van der Waals surface area contributed by atoms with Crippen LogP contribution in [-0.4, -0.2) is 80.7 Å². The van der Waals surface area contributed by atoms with E-state index in [0.29, 0.717) is 41.6 Å². The minimum atomic E-state index is -0.434. The van der Waals surface area contributed by atoms with Gasteiger partial charge in [0.1, 0.15) is 11.9 Å². The largest absolute Gasteiger partial charge is 0.488 e. The molecule has 0 saturated carbocycles. The van der Waals surface area contributed by atoms with Crippen LogP contribution in [0.4, 0.5) is 16.2 Å². The summed E-state index contributed by atoms with van der Waals surface area (Å²) in [5.74, 6) is 1.03. The number of pyridine rings is 1. The smallest absolute Gasteiger partial charge is 0.323 e. The molecule has 1 aliphatic rings. The molecule has 1 aliphatic heterocycles. The molecule has 11 heteroatoms. The zero-order chi connectivity index (χ0) is 31.8. The summed E-state index contributed by atoms with van der Waals surface area (Å²) < 4.78 is 6.62. The molecule has 0 radical (unpaired) electrons. The Hall–Kier alpha value is -4.87. The highest BCUT2D eigenvalue weighted by Gasteiger charge is 2.31. The van der Waals surface area contributed by atoms with Crippen LogP contribution < -0.4 is 15.4 Å². The number of hydrogen-bond acceptors (Lipinski definition) is 8. The molecule has 0 bridgehead atoms. The van der Waals surface area contributed by atoms with Crippen molar-refractivity contribution in [2.24, 2.45) is 5.92 Å². The van der Waals surface area contributed by atoms with Crippen LogP contribution in [-0.2, 0) is 17.8 Å². The number of urea groups is 1. The summed E-state index contributed by atoms with van der Waals surface area (Å²) in [6.45, 7) is 5.56. The Morgan fingerprint density at radius 2 is 1.78 bits per heavy atom. The number of nitrogens with zero attached hydrogens (tertiary/aromatic N) is 5. The number of anilines is 2. The molecule has 2 aromatic heterocycles. The highest BCUT2D eigenvalue weighted by molar-refractivity contribution is 6.00. The van der Waals surface area contributed by atoms with Crippen LogP contribution >= 0.6 is 0 Å². The highest BCUT2D eigenvalue weighted by atomic mass is 16.5. The van der Waals surface area contributed by atoms with E-state index in [4.69, 9.17) is 4.74 Å². The van der Waals surface area contributed by atoms with Crippen molar-refractivity contribution in [1.29, 1.82) is 0 Å². The van der Waals surface area contributed by atoms with Gasteiger partial charge in [-0.2, -0.15) is 0 Å². The molecule has 3 amide bonds. The van der Waals surface area contributed by atoms with Gasteiger partial charge in [0, 0.05) is 72.8 Å². The second kappa shape index (κ2) is 14.7. The van der Waals surface area contributed by atoms with Gasteiger partial charge in [-0.05, 0) is 68.1 Å². The van der Waals surface area contributed by atoms with E-state index in [1.165, 1.54) is 0 Å². The monoisotopic (exact) mass is 609 g/mol. The fourth-order valence-electron chi connectivity index (χ4n) is 5.37. The Balaban J connectivity index is 1.34. The first-order valence-electron chi connectivity index (χ1n) is 15.0. The Morgan fingerprint density at radius 3 is 2.51 bits per heavy atom. The molecule has 234 valence electrons. The second-order valence-corrected chi connectivity index (χ2v) is 11.5. The summed E-state index contributed by atoms with van der Waals surface area (Å²) in [5, 5.41) is 15.7. The van der Waals surface area contributed by atoms with Crippen LogP contribution in [0.2, 0.25) is 0 Å². The molecule has 3 atom stereocenters. The van der Waals surface area contributed by atoms with Crippen LogP contribution in [0.3, 0.4) is 0 Å². The first kappa shape index (κ1) is 31.6. The van der Waals surface area contributed by atoms with E-state index < -0.39 is 6.03 Å². The number of carbonyl (C=O) groups excluding carboxylic acids is 2. The summed E-state index contributed by atoms with van der Waals surface area (Å²) in [6.07, 6.45) is 6.72. The van der Waals surface area contributed by atoms with Gasteiger partial charge in [-0.3, -0.25) is 14.7 Å². The number of fused-ring (bicyclic) bond motifs is 1. The maximum Gasteiger partial charge on any atom is 0.323 e. The molecule has 45 heavy (non-hydrogen) atoms. The third kappa shape index (κ3) is 8.40. The standard InChI is InChI=1S/C34H39N7O4/c1-23-19-41(24(2)22-42)32(43)18-27-17-29(8-9-30(27)45-31(23)21-40(3)20-25-10-14-35-15-11-25)39-34(44)38-28-7-4-6-26(16-28)33-36-12-5-13-37-33/h4-17,23-24,31,42H,18-22H2,1-3H3,(H2,38,39,44)/t23-,24+,31?/m1/s1. The molecule has 5 rings (SSSR count). The molecule has 2 aromatic carbocycles. The van der Waals surface area contributed by atoms with E-state index in [2.05, 4.69) is 37.4 Å². The molecule has 3 N–H and O–H groups in total. The third-order valence-corrected chi connectivity index (χ3v) is 7.81. The van der Waals surface area contributed by atoms with E-state index >= 15 is 0 Å². The lowest BCUT2D eigenvalue weighted by atomic mass is 10.0. The number of nitrogens with one attached hydrogen (secondary N) is 2. The van der Waals surface area contributed by atoms with E-state index in [-0.39, 0.29) is 37.0 Å². The average Bonchev–Trinajstić information content (AvgIpc) is 3.09. The molecule has 0 aliphatic carbocycles. The van der Waals surface area contributed by atoms with Crippen molar-refractivity contribution in [2.45, 2.75) is 39.0 Å². The predicted octanol–water partition coefficient (Wildman–Crippen LogP) is 4.46. The van der Waals surface area contributed by atoms with E-state index in [1.807, 2.05) is 38.2 Å². The van der Waals surface area contributed by atoms with Crippen LogP contribution in [0.1, 0.15) is 25.0 Å². The third-order valence-electron chi connectivity index (χ3n) is 7.81. The number of likely N-dealkylation sites (N-methyl/N-ethyl adjacent to an activating group) is 1. The highest BCUT2D eigenvalue weighted by Crippen LogP contribution is 2.29. The van der Waals surface area contributed by atoms with Gasteiger partial charge in [0.05, 0.1) is 19.1 Å². The molecule has 4 aromatic rings. The Kier molecular flexibility index (Phi) is 10.3. The van der Waals surface area contributed by atoms with E-state index in [1.54, 1.807) is 66.1 Å². The minimum Gasteiger partial charge on any atom is -0.488 e. The number of hydrogen-bond donors (Lipinski definition) is 3. The first-order chi connectivity index (χ1) is 21.8. The molecular formula is C34H39N7O4. The summed E-state index contributed by atoms with van der Waals surface area (Å²) in [6, 6.07) is 17.6. The molecular weight excluding hydrogens is 570 g/mol. The predicted molar refractivity (Wildman–Crippen MR) is 173 cm³/mol. The van der Waals surface area contributed by atoms with Gasteiger partial charge < -0.3 is 25.4 Å². The topological polar surface area (TPSA) is 133 Å². The van der Waals surface area contributed by atoms with Crippen molar-refractivity contribution >= 4 is 23.3 Å². The molecule has 3 heterocycles. The van der Waals surface area contributed by atoms with E-state index in [0.717, 1.165) is 17.7 Å². The SMILES string of the molecule is C[C@@H]1CN([C@@H](C)CO)C(=O)Cc2cc(NC(=O)Nc3cccc(-c4ncccn4)c3)ccc2OC1CN(C)Cc1ccncc1. The molecule has 0 fully saturated rings. The van der Waals surface area contributed by atoms with Gasteiger partial charge in [-0.1, -0.05) is 19.1 Å². The fourth-order valence-corrected chi connectivity index (χ4v) is 5.37. The number of ether oxygens (including phenoxy) is 1. The number of rotatable bonds is 9. The van der Waals surface area contributed by atoms with Gasteiger partial charge >= 0.3 is 6.03 Å². The minimum absolute atomic E-state index is 0.0191. The number of aliphatic hydroxyl groups is 1. The lowest BCUT2D eigenvalue weighted by Gasteiger charge is -2.34. The second-order valence-electron chi connectivity index (χ2n) is 11.5. The number of aliphatic hydroxyl groups excluding tert-OH is 1. The van der Waals surface area contributed by atoms with Crippen molar-refractivity contribution in [1.82, 2.24) is 24.8 Å². The molecule has 1 unspecified atom stereocenters. The quantitative estimate of drug-likeness (QED) is 0.253. The van der Waals surface area contributed by atoms with E-state index in [9.17, 15) is 14.7 Å². The van der Waals surface area contributed by atoms with Crippen molar-refractivity contribution < 1.29 is 19.4 Å². The van der Waals surface area contributed by atoms with Crippen LogP contribution in [0.15, 0.2) is 85.5 Å². The van der Waals surface area contributed by atoms with Crippen molar-refractivity contribution in [3.63, 3.8) is 0 Å². The summed E-state index contributed by atoms with van der Waals surface area (Å²) >= 11 is 0. The molecule has 0 saturated heterocycles. The maximum absolute atomic E-state index is 13.6. The molecule has 11 nitrogen and oxygen atoms in total. The number of benzene rings is 2. The Bertz CT molecular complexity index is 1590. The summed E-state index contributed by atoms with van der Waals surface area (Å²) in [5.41, 5.74) is 3.68. The van der Waals surface area contributed by atoms with Gasteiger partial charge in [0.2, 0.25) is 5.91 Å². The lowest BCUT2D eigenvalue weighted by Crippen LogP contribution is -2.47. The summed E-state index contributed by atoms with van der Waals surface area (Å²) in [7, 11) is 2.04. The van der Waals surface area contributed by atoms with Crippen LogP contribution in [0.5, 0.6) is 5.75 Å². The number of amides is 3. The number of carbonyl (C=O) groups is 2. The fraction of sp³-hybridized carbons (Fsp3) is 0.324. The Morgan fingerprint density at radius 1 is 1.04 bits per heavy atom. The normalized spacial score (nSPS) is 17.4. The van der Waals surface area contributed by atoms with Crippen LogP contribution in [0.25, 0.3) is 11.4 Å². The van der Waals surface area contributed by atoms with Gasteiger partial charge in [-0.15, -0.1) is 0 Å². The molecule has 0 spiro atoms. The van der Waals surface area contributed by atoms with Gasteiger partial charge in [0.25, 0.3) is 0 Å². The first-order valence-corrected chi connectivity index (χ1v) is 15.0. The number of aromatic nitrogens is 3. The van der Waals surface area contributed by atoms with Crippen molar-refractivity contribution in [2.75, 3.05) is 37.4 Å². The van der Waals surface area contributed by atoms with Gasteiger partial charge in [0.15, 0.2) is 5.82 Å². The van der Waals surface area contributed by atoms with Gasteiger partial charge in [-0.25, -0.2) is 14.8 Å². The average molecular weight is 610 g/mol. The Labute approximate surface area is 263 Å².